The molecular formula is C102H114N20O4. The molecule has 4 aliphatic rings. The number of aromatic nitrogens is 12. The first-order chi connectivity index (χ1) is 59.9. The van der Waals surface area contributed by atoms with E-state index in [4.69, 9.17) is 22.7 Å². The highest BCUT2D eigenvalue weighted by atomic mass is 16.4. The average molecular weight is 1680 g/mol. The summed E-state index contributed by atoms with van der Waals surface area (Å²) in [5.74, 6) is 3.08. The van der Waals surface area contributed by atoms with E-state index in [1.54, 1.807) is 0 Å². The maximum Gasteiger partial charge on any atom is 0.227 e. The lowest BCUT2D eigenvalue weighted by molar-refractivity contribution is 0.140. The maximum absolute atomic E-state index is 6.35. The molecule has 5 aromatic carbocycles. The standard InChI is InChI=1S/C28H29N5O.2C25H29N5O.C24H27N5O/c1-17-11-13-20-21-14-12-18(2)29-26(21)34-25(20)24(17)32-15-16-33(19(32)3)28(4,5)27-30-22-9-7-8-10-23(22)31(27)6;1-15-8-10-19-20-11-9-16(2)27-24(20)31-23(19)22(15)29-12-13-30(18(29)4)25(5,6)21-14-26-17(3)28(21)7;1-15-8-10-19-20-11-9-16(2)26-24(20)31-23(19)22(15)29-12-13-30(18(29)4)25(5,6)21-14-17(3)27-28(21)7;1-15-7-9-18-19-10-8-16(2)26-22(19)30-21(18)20(15)28-13-14-29(17(28)3)24(4,5)23-25-11-12-27(23)6/h7-16,19H,1-6H3;2*8-14,18H,1-7H3;7-14,17H,1-6H3/t19-;2*18-;17-/m1111/s1. The first-order valence-electron chi connectivity index (χ1n) is 43.5. The SMILES string of the molecule is Cc1ccc2c(n1)oc1c(N3C=CN(C(C)(C)c4cc(C)nn4C)[C@@H]3C)c(C)ccc12.Cc1ccc2c(n1)oc1c(N3C=CN(C(C)(C)c4cnc(C)n4C)[C@@H]3C)c(C)ccc12.Cc1ccc2c(n1)oc1c(N3C=CN(C(C)(C)c4nc5ccccc5n4C)[C@@H]3C)c(C)ccc12.Cc1ccc2c(n1)oc1c(N3C=CN(C(C)(C)c4nccn4C)[C@@H]3C)c(C)ccc12. The van der Waals surface area contributed by atoms with E-state index in [0.717, 1.165) is 145 Å². The summed E-state index contributed by atoms with van der Waals surface area (Å²) in [5, 5.41) is 13.2. The van der Waals surface area contributed by atoms with Gasteiger partial charge in [0.25, 0.3) is 0 Å². The second kappa shape index (κ2) is 30.6. The first kappa shape index (κ1) is 83.3. The molecule has 0 saturated heterocycles. The number of para-hydroxylation sites is 2. The van der Waals surface area contributed by atoms with E-state index in [9.17, 15) is 0 Å². The van der Waals surface area contributed by atoms with Crippen LogP contribution in [0.15, 0.2) is 213 Å². The lowest BCUT2D eigenvalue weighted by atomic mass is 9.97. The van der Waals surface area contributed by atoms with Gasteiger partial charge in [0.05, 0.1) is 79.2 Å². The number of anilines is 4. The highest BCUT2D eigenvalue weighted by molar-refractivity contribution is 6.12. The van der Waals surface area contributed by atoms with E-state index in [-0.39, 0.29) is 46.8 Å². The van der Waals surface area contributed by atoms with Crippen molar-refractivity contribution >= 4 is 122 Å². The lowest BCUT2D eigenvalue weighted by Gasteiger charge is -2.41. The van der Waals surface area contributed by atoms with E-state index in [1.165, 1.54) is 33.6 Å². The van der Waals surface area contributed by atoms with Crippen molar-refractivity contribution in [2.75, 3.05) is 19.6 Å². The fourth-order valence-corrected chi connectivity index (χ4v) is 20.0. The minimum absolute atomic E-state index is 0.0713. The monoisotopic (exact) mass is 1680 g/mol. The number of pyridine rings is 4. The molecule has 0 radical (unpaired) electrons. The Labute approximate surface area is 735 Å². The van der Waals surface area contributed by atoms with Crippen molar-refractivity contribution < 1.29 is 17.7 Å². The highest BCUT2D eigenvalue weighted by Crippen LogP contribution is 2.49. The first-order valence-corrected chi connectivity index (χ1v) is 43.5. The Balaban J connectivity index is 0.000000114. The number of imidazole rings is 3. The Morgan fingerprint density at radius 1 is 0.325 bits per heavy atom. The number of rotatable bonds is 12. The average Bonchev–Trinajstić information content (AvgIpc) is 1.59. The molecule has 21 rings (SSSR count). The Hall–Kier alpha value is -13.6. The summed E-state index contributed by atoms with van der Waals surface area (Å²) in [6.45, 7) is 47.4. The van der Waals surface area contributed by atoms with Gasteiger partial charge in [0, 0.05) is 156 Å². The van der Waals surface area contributed by atoms with Gasteiger partial charge in [-0.1, -0.05) is 60.7 Å². The Bertz CT molecular complexity index is 7140. The maximum atomic E-state index is 6.35. The predicted octanol–water partition coefficient (Wildman–Crippen LogP) is 22.6. The fourth-order valence-electron chi connectivity index (χ4n) is 20.0. The molecule has 0 fully saturated rings. The number of aryl methyl sites for hydroxylation is 13. The molecule has 17 aromatic rings. The van der Waals surface area contributed by atoms with Gasteiger partial charge in [-0.2, -0.15) is 5.10 Å². The zero-order valence-electron chi connectivity index (χ0n) is 77.4. The van der Waals surface area contributed by atoms with Gasteiger partial charge < -0.3 is 70.6 Å². The summed E-state index contributed by atoms with van der Waals surface area (Å²) in [6, 6.07) is 44.3. The third-order valence-corrected chi connectivity index (χ3v) is 26.9. The summed E-state index contributed by atoms with van der Waals surface area (Å²) in [5.41, 5.74) is 23.7. The van der Waals surface area contributed by atoms with Crippen LogP contribution in [0.2, 0.25) is 0 Å². The number of benzene rings is 5. The highest BCUT2D eigenvalue weighted by Gasteiger charge is 2.44. The molecule has 0 amide bonds. The van der Waals surface area contributed by atoms with Crippen LogP contribution < -0.4 is 19.6 Å². The van der Waals surface area contributed by atoms with Crippen LogP contribution in [0.5, 0.6) is 0 Å². The van der Waals surface area contributed by atoms with E-state index in [1.807, 2.05) is 109 Å². The summed E-state index contributed by atoms with van der Waals surface area (Å²) in [6.07, 6.45) is 23.5. The second-order valence-corrected chi connectivity index (χ2v) is 36.7. The fraction of sp³-hybridized carbons (Fsp3) is 0.333. The van der Waals surface area contributed by atoms with Crippen LogP contribution >= 0.6 is 0 Å². The van der Waals surface area contributed by atoms with Crippen LogP contribution in [0.1, 0.15) is 163 Å². The van der Waals surface area contributed by atoms with Gasteiger partial charge in [-0.3, -0.25) is 4.68 Å². The molecule has 0 bridgehead atoms. The van der Waals surface area contributed by atoms with Gasteiger partial charge in [-0.15, -0.1) is 0 Å². The molecule has 0 aliphatic carbocycles. The Morgan fingerprint density at radius 2 is 0.659 bits per heavy atom. The van der Waals surface area contributed by atoms with Crippen molar-refractivity contribution in [1.29, 1.82) is 0 Å². The van der Waals surface area contributed by atoms with Crippen LogP contribution in [-0.2, 0) is 50.3 Å². The number of nitrogens with zero attached hydrogens (tertiary/aromatic N) is 20. The van der Waals surface area contributed by atoms with Gasteiger partial charge >= 0.3 is 0 Å². The molecule has 646 valence electrons. The summed E-state index contributed by atoms with van der Waals surface area (Å²) in [4.78, 5) is 51.3. The van der Waals surface area contributed by atoms with E-state index in [2.05, 4.69) is 359 Å². The van der Waals surface area contributed by atoms with Gasteiger partial charge in [0.1, 0.15) is 42.1 Å². The quantitative estimate of drug-likeness (QED) is 0.112. The molecule has 0 spiro atoms. The lowest BCUT2D eigenvalue weighted by Crippen LogP contribution is -2.47. The minimum Gasteiger partial charge on any atom is -0.435 e. The molecule has 24 nitrogen and oxygen atoms in total. The van der Waals surface area contributed by atoms with Crippen LogP contribution in [0, 0.1) is 69.2 Å². The van der Waals surface area contributed by atoms with E-state index < -0.39 is 0 Å². The topological polar surface area (TPSA) is 201 Å². The molecule has 16 heterocycles. The van der Waals surface area contributed by atoms with Gasteiger partial charge in [-0.25, -0.2) is 34.9 Å². The zero-order valence-corrected chi connectivity index (χ0v) is 77.4. The molecule has 4 aliphatic heterocycles. The van der Waals surface area contributed by atoms with Crippen molar-refractivity contribution in [2.45, 2.75) is 199 Å². The predicted molar refractivity (Wildman–Crippen MR) is 508 cm³/mol. The molecular weight excluding hydrogens is 1570 g/mol. The van der Waals surface area contributed by atoms with Crippen LogP contribution in [0.3, 0.4) is 0 Å². The second-order valence-electron chi connectivity index (χ2n) is 36.7. The van der Waals surface area contributed by atoms with Gasteiger partial charge in [0.15, 0.2) is 22.3 Å². The Morgan fingerprint density at radius 3 is 0.976 bits per heavy atom. The third kappa shape index (κ3) is 13.5. The largest absolute Gasteiger partial charge is 0.435 e. The minimum atomic E-state index is -0.327. The van der Waals surface area contributed by atoms with E-state index >= 15 is 0 Å². The molecule has 0 saturated carbocycles. The number of fused-ring (bicyclic) bond motifs is 13. The number of furan rings is 4. The van der Waals surface area contributed by atoms with Crippen molar-refractivity contribution in [2.24, 2.45) is 28.2 Å². The molecule has 24 heteroatoms. The Kier molecular flexibility index (Phi) is 20.3. The van der Waals surface area contributed by atoms with E-state index in [0.29, 0.717) is 22.9 Å². The van der Waals surface area contributed by atoms with Crippen molar-refractivity contribution in [3.05, 3.63) is 275 Å². The molecule has 4 atom stereocenters. The van der Waals surface area contributed by atoms with Crippen LogP contribution in [0.4, 0.5) is 22.7 Å². The molecule has 0 unspecified atom stereocenters. The zero-order chi connectivity index (χ0) is 89.1. The summed E-state index contributed by atoms with van der Waals surface area (Å²) < 4.78 is 33.7. The number of hydrogen-bond acceptors (Lipinski definition) is 20. The molecule has 126 heavy (non-hydrogen) atoms. The van der Waals surface area contributed by atoms with Crippen molar-refractivity contribution in [3.63, 3.8) is 0 Å². The number of hydrogen-bond donors (Lipinski definition) is 0. The molecule has 12 aromatic heterocycles. The summed E-state index contributed by atoms with van der Waals surface area (Å²) >= 11 is 0. The van der Waals surface area contributed by atoms with Crippen molar-refractivity contribution in [1.82, 2.24) is 78.0 Å². The van der Waals surface area contributed by atoms with Gasteiger partial charge in [-0.05, 0) is 241 Å². The van der Waals surface area contributed by atoms with Crippen LogP contribution in [-0.4, -0.2) is 103 Å². The normalized spacial score (nSPS) is 16.9. The van der Waals surface area contributed by atoms with Crippen molar-refractivity contribution in [3.8, 4) is 0 Å². The smallest absolute Gasteiger partial charge is 0.227 e. The van der Waals surface area contributed by atoms with Gasteiger partial charge in [0.2, 0.25) is 22.9 Å². The molecule has 0 N–H and O–H groups in total. The third-order valence-electron chi connectivity index (χ3n) is 26.9. The summed E-state index contributed by atoms with van der Waals surface area (Å²) in [7, 11) is 8.24. The van der Waals surface area contributed by atoms with Crippen LogP contribution in [0.25, 0.3) is 99.3 Å².